The predicted molar refractivity (Wildman–Crippen MR) is 69.2 cm³/mol. The SMILES string of the molecule is COc1ccc(-c2nc(C3CCOC3)no2)c(C)c1. The number of rotatable bonds is 3. The normalized spacial score (nSPS) is 18.7. The molecule has 19 heavy (non-hydrogen) atoms. The lowest BCUT2D eigenvalue weighted by molar-refractivity contribution is 0.192. The summed E-state index contributed by atoms with van der Waals surface area (Å²) >= 11 is 0. The van der Waals surface area contributed by atoms with Crippen LogP contribution < -0.4 is 4.74 Å². The van der Waals surface area contributed by atoms with Crippen LogP contribution in [0.1, 0.15) is 23.7 Å². The first-order chi connectivity index (χ1) is 9.28. The van der Waals surface area contributed by atoms with E-state index in [1.54, 1.807) is 7.11 Å². The van der Waals surface area contributed by atoms with Gasteiger partial charge in [-0.25, -0.2) is 0 Å². The second-order valence-corrected chi connectivity index (χ2v) is 4.70. The van der Waals surface area contributed by atoms with Crippen LogP contribution in [0.2, 0.25) is 0 Å². The van der Waals surface area contributed by atoms with Crippen molar-refractivity contribution in [2.75, 3.05) is 20.3 Å². The first-order valence-corrected chi connectivity index (χ1v) is 6.34. The lowest BCUT2D eigenvalue weighted by Crippen LogP contribution is -1.99. The van der Waals surface area contributed by atoms with Crippen LogP contribution in [-0.2, 0) is 4.74 Å². The molecular weight excluding hydrogens is 244 g/mol. The molecule has 0 N–H and O–H groups in total. The lowest BCUT2D eigenvalue weighted by atomic mass is 10.1. The van der Waals surface area contributed by atoms with Gasteiger partial charge < -0.3 is 14.0 Å². The number of hydrogen-bond acceptors (Lipinski definition) is 5. The molecule has 1 aromatic carbocycles. The number of methoxy groups -OCH3 is 1. The van der Waals surface area contributed by atoms with Crippen molar-refractivity contribution in [3.8, 4) is 17.2 Å². The van der Waals surface area contributed by atoms with Gasteiger partial charge in [-0.3, -0.25) is 0 Å². The molecule has 100 valence electrons. The molecule has 0 amide bonds. The summed E-state index contributed by atoms with van der Waals surface area (Å²) < 4.78 is 15.9. The third kappa shape index (κ3) is 2.33. The molecule has 0 bridgehead atoms. The van der Waals surface area contributed by atoms with Crippen LogP contribution in [0.3, 0.4) is 0 Å². The summed E-state index contributed by atoms with van der Waals surface area (Å²) in [5.74, 6) is 2.38. The summed E-state index contributed by atoms with van der Waals surface area (Å²) in [6.07, 6.45) is 0.959. The van der Waals surface area contributed by atoms with E-state index in [1.807, 2.05) is 25.1 Å². The standard InChI is InChI=1S/C14H16N2O3/c1-9-7-11(17-2)3-4-12(9)14-15-13(16-19-14)10-5-6-18-8-10/h3-4,7,10H,5-6,8H2,1-2H3. The lowest BCUT2D eigenvalue weighted by Gasteiger charge is -2.04. The van der Waals surface area contributed by atoms with Crippen molar-refractivity contribution in [2.24, 2.45) is 0 Å². The topological polar surface area (TPSA) is 57.4 Å². The molecule has 0 radical (unpaired) electrons. The number of aromatic nitrogens is 2. The van der Waals surface area contributed by atoms with Gasteiger partial charge in [0, 0.05) is 18.1 Å². The summed E-state index contributed by atoms with van der Waals surface area (Å²) in [5.41, 5.74) is 2.00. The van der Waals surface area contributed by atoms with Gasteiger partial charge in [0.2, 0.25) is 0 Å². The summed E-state index contributed by atoms with van der Waals surface area (Å²) in [6.45, 7) is 3.46. The molecule has 1 fully saturated rings. The average molecular weight is 260 g/mol. The number of benzene rings is 1. The minimum Gasteiger partial charge on any atom is -0.497 e. The number of ether oxygens (including phenoxy) is 2. The van der Waals surface area contributed by atoms with Gasteiger partial charge in [-0.15, -0.1) is 0 Å². The Bertz CT molecular complexity index is 574. The highest BCUT2D eigenvalue weighted by molar-refractivity contribution is 5.59. The Morgan fingerprint density at radius 3 is 2.95 bits per heavy atom. The van der Waals surface area contributed by atoms with E-state index < -0.39 is 0 Å². The monoisotopic (exact) mass is 260 g/mol. The predicted octanol–water partition coefficient (Wildman–Crippen LogP) is 2.56. The van der Waals surface area contributed by atoms with Crippen LogP contribution in [0.5, 0.6) is 5.75 Å². The Morgan fingerprint density at radius 2 is 2.26 bits per heavy atom. The Hall–Kier alpha value is -1.88. The number of aryl methyl sites for hydroxylation is 1. The van der Waals surface area contributed by atoms with E-state index in [9.17, 15) is 0 Å². The van der Waals surface area contributed by atoms with Crippen LogP contribution in [0, 0.1) is 6.92 Å². The summed E-state index contributed by atoms with van der Waals surface area (Å²) in [7, 11) is 1.65. The fourth-order valence-electron chi connectivity index (χ4n) is 2.25. The fraction of sp³-hybridized carbons (Fsp3) is 0.429. The van der Waals surface area contributed by atoms with Gasteiger partial charge in [-0.1, -0.05) is 5.16 Å². The van der Waals surface area contributed by atoms with Crippen LogP contribution in [0.25, 0.3) is 11.5 Å². The molecule has 0 spiro atoms. The van der Waals surface area contributed by atoms with Gasteiger partial charge in [0.05, 0.1) is 13.7 Å². The van der Waals surface area contributed by atoms with E-state index in [0.717, 1.165) is 35.7 Å². The molecule has 5 heteroatoms. The molecule has 3 rings (SSSR count). The highest BCUT2D eigenvalue weighted by Gasteiger charge is 2.23. The van der Waals surface area contributed by atoms with Crippen LogP contribution >= 0.6 is 0 Å². The fourth-order valence-corrected chi connectivity index (χ4v) is 2.25. The minimum atomic E-state index is 0.260. The zero-order valence-corrected chi connectivity index (χ0v) is 11.0. The smallest absolute Gasteiger partial charge is 0.258 e. The second-order valence-electron chi connectivity index (χ2n) is 4.70. The first kappa shape index (κ1) is 12.2. The Labute approximate surface area is 111 Å². The first-order valence-electron chi connectivity index (χ1n) is 6.34. The summed E-state index contributed by atoms with van der Waals surface area (Å²) in [4.78, 5) is 4.48. The van der Waals surface area contributed by atoms with E-state index in [2.05, 4.69) is 10.1 Å². The minimum absolute atomic E-state index is 0.260. The van der Waals surface area contributed by atoms with Crippen molar-refractivity contribution in [3.05, 3.63) is 29.6 Å². The zero-order chi connectivity index (χ0) is 13.2. The van der Waals surface area contributed by atoms with Crippen LogP contribution in [0.15, 0.2) is 22.7 Å². The van der Waals surface area contributed by atoms with Gasteiger partial charge in [-0.2, -0.15) is 4.98 Å². The molecule has 1 saturated heterocycles. The molecule has 1 aliphatic heterocycles. The van der Waals surface area contributed by atoms with Crippen LogP contribution in [-0.4, -0.2) is 30.5 Å². The van der Waals surface area contributed by atoms with E-state index >= 15 is 0 Å². The van der Waals surface area contributed by atoms with Crippen molar-refractivity contribution >= 4 is 0 Å². The maximum atomic E-state index is 5.36. The molecule has 1 aromatic heterocycles. The Morgan fingerprint density at radius 1 is 1.37 bits per heavy atom. The maximum absolute atomic E-state index is 5.36. The van der Waals surface area contributed by atoms with E-state index in [4.69, 9.17) is 14.0 Å². The van der Waals surface area contributed by atoms with Gasteiger partial charge in [-0.05, 0) is 37.1 Å². The largest absolute Gasteiger partial charge is 0.497 e. The van der Waals surface area contributed by atoms with E-state index in [-0.39, 0.29) is 5.92 Å². The molecule has 5 nitrogen and oxygen atoms in total. The Balaban J connectivity index is 1.89. The Kier molecular flexibility index (Phi) is 3.21. The zero-order valence-electron chi connectivity index (χ0n) is 11.0. The highest BCUT2D eigenvalue weighted by Crippen LogP contribution is 2.28. The molecule has 1 aliphatic rings. The number of nitrogens with zero attached hydrogens (tertiary/aromatic N) is 2. The van der Waals surface area contributed by atoms with Crippen LogP contribution in [0.4, 0.5) is 0 Å². The van der Waals surface area contributed by atoms with E-state index in [1.165, 1.54) is 0 Å². The van der Waals surface area contributed by atoms with Crippen molar-refractivity contribution in [3.63, 3.8) is 0 Å². The second kappa shape index (κ2) is 5.01. The maximum Gasteiger partial charge on any atom is 0.258 e. The molecule has 1 unspecified atom stereocenters. The highest BCUT2D eigenvalue weighted by atomic mass is 16.5. The van der Waals surface area contributed by atoms with Gasteiger partial charge >= 0.3 is 0 Å². The molecule has 2 heterocycles. The third-order valence-electron chi connectivity index (χ3n) is 3.40. The van der Waals surface area contributed by atoms with Crippen molar-refractivity contribution in [1.82, 2.24) is 10.1 Å². The number of hydrogen-bond donors (Lipinski definition) is 0. The molecule has 0 aliphatic carbocycles. The molecule has 1 atom stereocenters. The summed E-state index contributed by atoms with van der Waals surface area (Å²) in [5, 5.41) is 4.06. The van der Waals surface area contributed by atoms with E-state index in [0.29, 0.717) is 12.5 Å². The summed E-state index contributed by atoms with van der Waals surface area (Å²) in [6, 6.07) is 5.79. The van der Waals surface area contributed by atoms with Gasteiger partial charge in [0.15, 0.2) is 5.82 Å². The average Bonchev–Trinajstić information content (AvgIpc) is 3.09. The molecule has 2 aromatic rings. The van der Waals surface area contributed by atoms with Crippen molar-refractivity contribution in [2.45, 2.75) is 19.3 Å². The molecule has 0 saturated carbocycles. The van der Waals surface area contributed by atoms with Gasteiger partial charge in [0.1, 0.15) is 5.75 Å². The van der Waals surface area contributed by atoms with Gasteiger partial charge in [0.25, 0.3) is 5.89 Å². The molecular formula is C14H16N2O3. The van der Waals surface area contributed by atoms with Crippen molar-refractivity contribution in [1.29, 1.82) is 0 Å². The van der Waals surface area contributed by atoms with Crippen molar-refractivity contribution < 1.29 is 14.0 Å². The quantitative estimate of drug-likeness (QED) is 0.848. The third-order valence-corrected chi connectivity index (χ3v) is 3.40.